The minimum absolute atomic E-state index is 0.278. The largest absolute Gasteiger partial charge is 0.207 e. The molecule has 0 aromatic heterocycles. The van der Waals surface area contributed by atoms with Crippen LogP contribution in [0.15, 0.2) is 51.4 Å². The Labute approximate surface area is 127 Å². The van der Waals surface area contributed by atoms with Gasteiger partial charge in [-0.15, -0.1) is 11.6 Å². The highest BCUT2D eigenvalue weighted by molar-refractivity contribution is 9.10. The molecule has 1 atom stereocenters. The van der Waals surface area contributed by atoms with E-state index in [-0.39, 0.29) is 11.2 Å². The van der Waals surface area contributed by atoms with Crippen LogP contribution in [0.25, 0.3) is 0 Å². The van der Waals surface area contributed by atoms with E-state index >= 15 is 0 Å². The molecular weight excluding hydrogens is 382 g/mol. The molecule has 0 amide bonds. The van der Waals surface area contributed by atoms with E-state index in [9.17, 15) is 4.39 Å². The van der Waals surface area contributed by atoms with Crippen LogP contribution in [-0.4, -0.2) is 0 Å². The van der Waals surface area contributed by atoms with Crippen LogP contribution >= 0.6 is 43.5 Å². The van der Waals surface area contributed by atoms with Gasteiger partial charge in [-0.2, -0.15) is 0 Å². The van der Waals surface area contributed by atoms with E-state index in [0.29, 0.717) is 12.0 Å². The molecule has 0 nitrogen and oxygen atoms in total. The highest BCUT2D eigenvalue weighted by atomic mass is 79.9. The molecule has 0 fully saturated rings. The van der Waals surface area contributed by atoms with E-state index in [2.05, 4.69) is 31.9 Å². The van der Waals surface area contributed by atoms with E-state index < -0.39 is 0 Å². The van der Waals surface area contributed by atoms with Gasteiger partial charge in [-0.1, -0.05) is 50.1 Å². The van der Waals surface area contributed by atoms with Crippen LogP contribution in [-0.2, 0) is 6.42 Å². The van der Waals surface area contributed by atoms with Gasteiger partial charge in [0.05, 0.1) is 5.38 Å². The summed E-state index contributed by atoms with van der Waals surface area (Å²) < 4.78 is 15.5. The fraction of sp³-hybridized carbons (Fsp3) is 0.143. The van der Waals surface area contributed by atoms with Crippen molar-refractivity contribution < 1.29 is 4.39 Å². The summed E-state index contributed by atoms with van der Waals surface area (Å²) in [6.45, 7) is 0. The molecule has 18 heavy (non-hydrogen) atoms. The Morgan fingerprint density at radius 2 is 1.78 bits per heavy atom. The zero-order valence-electron chi connectivity index (χ0n) is 9.34. The molecule has 4 heteroatoms. The topological polar surface area (TPSA) is 0 Å². The van der Waals surface area contributed by atoms with Crippen molar-refractivity contribution in [3.8, 4) is 0 Å². The van der Waals surface area contributed by atoms with Crippen molar-refractivity contribution in [3.05, 3.63) is 68.4 Å². The van der Waals surface area contributed by atoms with Crippen LogP contribution in [0.4, 0.5) is 4.39 Å². The smallest absolute Gasteiger partial charge is 0.129 e. The van der Waals surface area contributed by atoms with Crippen LogP contribution < -0.4 is 0 Å². The van der Waals surface area contributed by atoms with Crippen LogP contribution in [0.3, 0.4) is 0 Å². The van der Waals surface area contributed by atoms with Crippen molar-refractivity contribution in [2.45, 2.75) is 11.8 Å². The molecule has 0 aliphatic carbocycles. The predicted molar refractivity (Wildman–Crippen MR) is 80.5 cm³/mol. The highest BCUT2D eigenvalue weighted by Gasteiger charge is 2.14. The monoisotopic (exact) mass is 390 g/mol. The van der Waals surface area contributed by atoms with E-state index in [1.807, 2.05) is 24.3 Å². The van der Waals surface area contributed by atoms with Crippen molar-refractivity contribution in [2.24, 2.45) is 0 Å². The van der Waals surface area contributed by atoms with Gasteiger partial charge in [0.2, 0.25) is 0 Å². The molecule has 2 rings (SSSR count). The Morgan fingerprint density at radius 3 is 2.44 bits per heavy atom. The lowest BCUT2D eigenvalue weighted by Gasteiger charge is -2.11. The molecule has 0 bridgehead atoms. The van der Waals surface area contributed by atoms with Gasteiger partial charge in [0.15, 0.2) is 0 Å². The number of hydrogen-bond acceptors (Lipinski definition) is 0. The second-order valence-electron chi connectivity index (χ2n) is 3.97. The predicted octanol–water partition coefficient (Wildman–Crippen LogP) is 5.87. The summed E-state index contributed by atoms with van der Waals surface area (Å²) in [5.41, 5.74) is 1.60. The van der Waals surface area contributed by atoms with E-state index in [1.54, 1.807) is 12.1 Å². The molecule has 0 saturated heterocycles. The maximum absolute atomic E-state index is 13.8. The van der Waals surface area contributed by atoms with Gasteiger partial charge >= 0.3 is 0 Å². The molecule has 0 N–H and O–H groups in total. The summed E-state index contributed by atoms with van der Waals surface area (Å²) in [5.74, 6) is -0.278. The van der Waals surface area contributed by atoms with Gasteiger partial charge in [0, 0.05) is 14.5 Å². The minimum atomic E-state index is -0.368. The zero-order valence-corrected chi connectivity index (χ0v) is 13.3. The van der Waals surface area contributed by atoms with Crippen LogP contribution in [0, 0.1) is 5.82 Å². The molecule has 1 unspecified atom stereocenters. The second-order valence-corrected chi connectivity index (χ2v) is 6.33. The lowest BCUT2D eigenvalue weighted by Crippen LogP contribution is -1.99. The van der Waals surface area contributed by atoms with Crippen molar-refractivity contribution in [1.29, 1.82) is 0 Å². The van der Waals surface area contributed by atoms with Gasteiger partial charge < -0.3 is 0 Å². The Kier molecular flexibility index (Phi) is 4.82. The fourth-order valence-electron chi connectivity index (χ4n) is 1.74. The molecular formula is C14H10Br2ClF. The zero-order chi connectivity index (χ0) is 13.1. The van der Waals surface area contributed by atoms with Gasteiger partial charge in [-0.05, 0) is 36.2 Å². The third kappa shape index (κ3) is 3.56. The number of halogens is 4. The lowest BCUT2D eigenvalue weighted by atomic mass is 10.0. The average molecular weight is 392 g/mol. The summed E-state index contributed by atoms with van der Waals surface area (Å²) in [5, 5.41) is -0.368. The van der Waals surface area contributed by atoms with Crippen LogP contribution in [0.5, 0.6) is 0 Å². The first-order chi connectivity index (χ1) is 8.56. The quantitative estimate of drug-likeness (QED) is 0.573. The van der Waals surface area contributed by atoms with E-state index in [0.717, 1.165) is 14.5 Å². The lowest BCUT2D eigenvalue weighted by molar-refractivity contribution is 0.605. The Bertz CT molecular complexity index is 557. The number of benzene rings is 2. The van der Waals surface area contributed by atoms with Crippen molar-refractivity contribution in [3.63, 3.8) is 0 Å². The Morgan fingerprint density at radius 1 is 1.06 bits per heavy atom. The fourth-order valence-corrected chi connectivity index (χ4v) is 2.87. The maximum atomic E-state index is 13.8. The van der Waals surface area contributed by atoms with Crippen LogP contribution in [0.1, 0.15) is 16.5 Å². The Balaban J connectivity index is 2.19. The third-order valence-corrected chi connectivity index (χ3v) is 3.98. The summed E-state index contributed by atoms with van der Waals surface area (Å²) in [6, 6.07) is 12.8. The van der Waals surface area contributed by atoms with E-state index in [1.165, 1.54) is 6.07 Å². The summed E-state index contributed by atoms with van der Waals surface area (Å²) in [4.78, 5) is 0. The van der Waals surface area contributed by atoms with Crippen molar-refractivity contribution in [2.75, 3.05) is 0 Å². The van der Waals surface area contributed by atoms with Gasteiger partial charge in [-0.3, -0.25) is 0 Å². The molecule has 2 aromatic carbocycles. The average Bonchev–Trinajstić information content (AvgIpc) is 2.28. The molecule has 94 valence electrons. The van der Waals surface area contributed by atoms with Gasteiger partial charge in [0.1, 0.15) is 5.82 Å². The normalized spacial score (nSPS) is 12.4. The molecule has 0 aliphatic rings. The molecule has 0 radical (unpaired) electrons. The van der Waals surface area contributed by atoms with Gasteiger partial charge in [-0.25, -0.2) is 4.39 Å². The summed E-state index contributed by atoms with van der Waals surface area (Å²) in [6.07, 6.45) is 0.597. The molecule has 0 heterocycles. The van der Waals surface area contributed by atoms with Gasteiger partial charge in [0.25, 0.3) is 0 Å². The van der Waals surface area contributed by atoms with Crippen molar-refractivity contribution >= 4 is 43.5 Å². The van der Waals surface area contributed by atoms with Crippen molar-refractivity contribution in [1.82, 2.24) is 0 Å². The molecule has 0 aliphatic heterocycles. The molecule has 2 aromatic rings. The number of rotatable bonds is 3. The molecule has 0 saturated carbocycles. The number of hydrogen-bond donors (Lipinski definition) is 0. The SMILES string of the molecule is Fc1cc(Br)ccc1C(Cl)Cc1cccc(Br)c1. The Hall–Kier alpha value is -0.380. The first kappa shape index (κ1) is 14.0. The summed E-state index contributed by atoms with van der Waals surface area (Å²) >= 11 is 12.9. The number of alkyl halides is 1. The van der Waals surface area contributed by atoms with E-state index in [4.69, 9.17) is 11.6 Å². The molecule has 0 spiro atoms. The first-order valence-corrected chi connectivity index (χ1v) is 7.42. The minimum Gasteiger partial charge on any atom is -0.207 e. The summed E-state index contributed by atoms with van der Waals surface area (Å²) in [7, 11) is 0. The second kappa shape index (κ2) is 6.18. The third-order valence-electron chi connectivity index (χ3n) is 2.60. The highest BCUT2D eigenvalue weighted by Crippen LogP contribution is 2.29. The maximum Gasteiger partial charge on any atom is 0.129 e. The standard InChI is InChI=1S/C14H10Br2ClF/c15-10-3-1-2-9(6-10)7-13(17)12-5-4-11(16)8-14(12)18/h1-6,8,13H,7H2. The first-order valence-electron chi connectivity index (χ1n) is 5.40. The van der Waals surface area contributed by atoms with Crippen LogP contribution in [0.2, 0.25) is 0 Å².